The van der Waals surface area contributed by atoms with Crippen molar-refractivity contribution < 1.29 is 19.2 Å². The lowest BCUT2D eigenvalue weighted by atomic mass is 10.0. The zero-order chi connectivity index (χ0) is 27.6. The fraction of sp³-hybridized carbons (Fsp3) is 0.0588. The van der Waals surface area contributed by atoms with E-state index in [0.29, 0.717) is 44.8 Å². The quantitative estimate of drug-likeness (QED) is 0.285. The van der Waals surface area contributed by atoms with Crippen molar-refractivity contribution in [3.8, 4) is 0 Å². The van der Waals surface area contributed by atoms with Crippen LogP contribution < -0.4 is 0 Å². The van der Waals surface area contributed by atoms with Gasteiger partial charge in [-0.05, 0) is 22.3 Å². The van der Waals surface area contributed by atoms with Gasteiger partial charge in [0.2, 0.25) is 0 Å². The summed E-state index contributed by atoms with van der Waals surface area (Å²) in [6.45, 7) is 0.557. The van der Waals surface area contributed by atoms with E-state index in [1.165, 1.54) is 0 Å². The molecule has 194 valence electrons. The van der Waals surface area contributed by atoms with Crippen molar-refractivity contribution in [1.82, 2.24) is 9.80 Å². The molecule has 0 aliphatic carbocycles. The van der Waals surface area contributed by atoms with Crippen molar-refractivity contribution in [3.63, 3.8) is 0 Å². The third-order valence-corrected chi connectivity index (χ3v) is 7.19. The van der Waals surface area contributed by atoms with Crippen LogP contribution in [0.2, 0.25) is 0 Å². The van der Waals surface area contributed by atoms with E-state index < -0.39 is 0 Å². The molecule has 2 heterocycles. The molecule has 0 fully saturated rings. The number of aldehydes is 2. The molecular formula is C34H24N2O4. The number of carbonyl (C=O) groups is 4. The Morgan fingerprint density at radius 2 is 0.825 bits per heavy atom. The molecule has 2 aliphatic rings. The summed E-state index contributed by atoms with van der Waals surface area (Å²) >= 11 is 0. The topological polar surface area (TPSA) is 74.8 Å². The Morgan fingerprint density at radius 3 is 1.15 bits per heavy atom. The average Bonchev–Trinajstić information content (AvgIpc) is 3.44. The smallest absolute Gasteiger partial charge is 0.261 e. The van der Waals surface area contributed by atoms with Crippen LogP contribution in [0.5, 0.6) is 0 Å². The molecule has 4 aromatic rings. The van der Waals surface area contributed by atoms with E-state index >= 15 is 0 Å². The number of fused-ring (bicyclic) bond motifs is 1. The molecule has 6 heteroatoms. The minimum absolute atomic E-state index is 0.272. The first kappa shape index (κ1) is 24.9. The summed E-state index contributed by atoms with van der Waals surface area (Å²) < 4.78 is 0. The third kappa shape index (κ3) is 4.35. The monoisotopic (exact) mass is 524 g/mol. The summed E-state index contributed by atoms with van der Waals surface area (Å²) in [6, 6.07) is 33.0. The zero-order valence-electron chi connectivity index (χ0n) is 21.5. The Bertz CT molecular complexity index is 1560. The summed E-state index contributed by atoms with van der Waals surface area (Å²) in [5.74, 6) is -0.543. The predicted molar refractivity (Wildman–Crippen MR) is 151 cm³/mol. The summed E-state index contributed by atoms with van der Waals surface area (Å²) in [5.41, 5.74) is 5.90. The standard InChI is InChI=1S/C34H24N2O4/c37-21-25-11-15-27(16-12-25)31-29-30(33(39)35(31)19-23-7-3-1-4-8-23)32(28-17-13-26(22-38)14-18-28)36(34(29)40)20-24-9-5-2-6-10-24/h1-18,21-22H,19-20H2. The zero-order valence-corrected chi connectivity index (χ0v) is 21.5. The summed E-state index contributed by atoms with van der Waals surface area (Å²) in [6.07, 6.45) is 1.52. The number of hydrogen-bond acceptors (Lipinski definition) is 4. The summed E-state index contributed by atoms with van der Waals surface area (Å²) in [7, 11) is 0. The molecule has 2 amide bonds. The van der Waals surface area contributed by atoms with Crippen molar-refractivity contribution >= 4 is 35.8 Å². The molecule has 40 heavy (non-hydrogen) atoms. The van der Waals surface area contributed by atoms with Crippen LogP contribution in [0.3, 0.4) is 0 Å². The number of hydrogen-bond donors (Lipinski definition) is 0. The van der Waals surface area contributed by atoms with Crippen LogP contribution in [-0.2, 0) is 22.7 Å². The van der Waals surface area contributed by atoms with Gasteiger partial charge < -0.3 is 9.80 Å². The van der Waals surface area contributed by atoms with Crippen molar-refractivity contribution in [2.45, 2.75) is 13.1 Å². The van der Waals surface area contributed by atoms with Crippen molar-refractivity contribution in [2.75, 3.05) is 0 Å². The van der Waals surface area contributed by atoms with Gasteiger partial charge >= 0.3 is 0 Å². The van der Waals surface area contributed by atoms with Gasteiger partial charge in [-0.25, -0.2) is 0 Å². The first-order chi connectivity index (χ1) is 19.6. The number of amides is 2. The van der Waals surface area contributed by atoms with Crippen LogP contribution >= 0.6 is 0 Å². The Labute approximate surface area is 231 Å². The normalized spacial score (nSPS) is 14.7. The number of carbonyl (C=O) groups excluding carboxylic acids is 4. The van der Waals surface area contributed by atoms with E-state index in [-0.39, 0.29) is 24.9 Å². The van der Waals surface area contributed by atoms with Crippen LogP contribution in [0.1, 0.15) is 43.0 Å². The first-order valence-electron chi connectivity index (χ1n) is 12.9. The molecule has 0 saturated heterocycles. The average molecular weight is 525 g/mol. The molecule has 6 nitrogen and oxygen atoms in total. The van der Waals surface area contributed by atoms with E-state index in [4.69, 9.17) is 0 Å². The van der Waals surface area contributed by atoms with E-state index in [1.807, 2.05) is 60.7 Å². The molecule has 0 bridgehead atoms. The van der Waals surface area contributed by atoms with E-state index in [9.17, 15) is 19.2 Å². The van der Waals surface area contributed by atoms with Crippen LogP contribution in [0.15, 0.2) is 120 Å². The van der Waals surface area contributed by atoms with Gasteiger partial charge in [0.15, 0.2) is 0 Å². The molecule has 4 aromatic carbocycles. The van der Waals surface area contributed by atoms with E-state index in [1.54, 1.807) is 58.3 Å². The van der Waals surface area contributed by atoms with Gasteiger partial charge in [0.1, 0.15) is 12.6 Å². The van der Waals surface area contributed by atoms with Gasteiger partial charge in [-0.15, -0.1) is 0 Å². The van der Waals surface area contributed by atoms with Crippen molar-refractivity contribution in [1.29, 1.82) is 0 Å². The minimum Gasteiger partial charge on any atom is -0.302 e. The molecule has 0 unspecified atom stereocenters. The Kier molecular flexibility index (Phi) is 6.50. The molecule has 0 aromatic heterocycles. The first-order valence-corrected chi connectivity index (χ1v) is 12.9. The third-order valence-electron chi connectivity index (χ3n) is 7.19. The van der Waals surface area contributed by atoms with Crippen LogP contribution in [0, 0.1) is 0 Å². The lowest BCUT2D eigenvalue weighted by Crippen LogP contribution is -2.29. The van der Waals surface area contributed by atoms with Gasteiger partial charge in [0.05, 0.1) is 35.6 Å². The molecular weight excluding hydrogens is 500 g/mol. The Hall–Kier alpha value is -5.36. The maximum absolute atomic E-state index is 14.3. The van der Waals surface area contributed by atoms with Gasteiger partial charge in [-0.2, -0.15) is 0 Å². The van der Waals surface area contributed by atoms with Gasteiger partial charge in [0, 0.05) is 11.1 Å². The Morgan fingerprint density at radius 1 is 0.475 bits per heavy atom. The second kappa shape index (κ2) is 10.4. The number of rotatable bonds is 8. The van der Waals surface area contributed by atoms with E-state index in [2.05, 4.69) is 0 Å². The molecule has 0 radical (unpaired) electrons. The van der Waals surface area contributed by atoms with Gasteiger partial charge in [0.25, 0.3) is 11.8 Å². The largest absolute Gasteiger partial charge is 0.302 e. The second-order valence-electron chi connectivity index (χ2n) is 9.68. The number of benzene rings is 4. The molecule has 0 saturated carbocycles. The van der Waals surface area contributed by atoms with Crippen LogP contribution in [-0.4, -0.2) is 34.2 Å². The van der Waals surface area contributed by atoms with Crippen LogP contribution in [0.4, 0.5) is 0 Å². The molecule has 6 rings (SSSR count). The SMILES string of the molecule is O=Cc1ccc(C2=C3C(=O)N(Cc4ccccc4)C(c4ccc(C=O)cc4)=C3C(=O)N2Cc2ccccc2)cc1. The highest BCUT2D eigenvalue weighted by Gasteiger charge is 2.48. The highest BCUT2D eigenvalue weighted by molar-refractivity contribution is 6.30. The highest BCUT2D eigenvalue weighted by atomic mass is 16.2. The maximum Gasteiger partial charge on any atom is 0.261 e. The summed E-state index contributed by atoms with van der Waals surface area (Å²) in [4.78, 5) is 54.5. The lowest BCUT2D eigenvalue weighted by Gasteiger charge is -2.25. The predicted octanol–water partition coefficient (Wildman–Crippen LogP) is 5.52. The molecule has 0 atom stereocenters. The van der Waals surface area contributed by atoms with Crippen molar-refractivity contribution in [3.05, 3.63) is 154 Å². The number of nitrogens with zero attached hydrogens (tertiary/aromatic N) is 2. The Balaban J connectivity index is 1.57. The molecule has 2 aliphatic heterocycles. The molecule has 0 spiro atoms. The van der Waals surface area contributed by atoms with Gasteiger partial charge in [-0.3, -0.25) is 19.2 Å². The minimum atomic E-state index is -0.272. The summed E-state index contributed by atoms with van der Waals surface area (Å²) in [5, 5.41) is 0. The fourth-order valence-electron chi connectivity index (χ4n) is 5.27. The highest BCUT2D eigenvalue weighted by Crippen LogP contribution is 2.47. The lowest BCUT2D eigenvalue weighted by molar-refractivity contribution is -0.124. The second-order valence-corrected chi connectivity index (χ2v) is 9.68. The molecule has 0 N–H and O–H groups in total. The van der Waals surface area contributed by atoms with Crippen LogP contribution in [0.25, 0.3) is 11.4 Å². The van der Waals surface area contributed by atoms with Gasteiger partial charge in [-0.1, -0.05) is 109 Å². The van der Waals surface area contributed by atoms with E-state index in [0.717, 1.165) is 23.7 Å². The maximum atomic E-state index is 14.3. The van der Waals surface area contributed by atoms with Crippen molar-refractivity contribution in [2.24, 2.45) is 0 Å². The fourth-order valence-corrected chi connectivity index (χ4v) is 5.27.